The summed E-state index contributed by atoms with van der Waals surface area (Å²) in [4.78, 5) is 16.4. The van der Waals surface area contributed by atoms with Crippen molar-refractivity contribution in [3.8, 4) is 5.75 Å². The summed E-state index contributed by atoms with van der Waals surface area (Å²) in [6.07, 6.45) is 1.33. The van der Waals surface area contributed by atoms with E-state index in [1.807, 2.05) is 0 Å². The van der Waals surface area contributed by atoms with Crippen LogP contribution in [0.2, 0.25) is 15.1 Å². The molecule has 3 N–H and O–H groups in total. The number of nitrogens with two attached hydrogens (primary N) is 1. The van der Waals surface area contributed by atoms with E-state index in [1.54, 1.807) is 18.2 Å². The number of amides is 1. The van der Waals surface area contributed by atoms with Gasteiger partial charge in [0, 0.05) is 33.4 Å². The lowest BCUT2D eigenvalue weighted by atomic mass is 10.2. The molecule has 1 aromatic heterocycles. The first kappa shape index (κ1) is 21.2. The molecule has 3 aromatic rings. The zero-order valence-corrected chi connectivity index (χ0v) is 17.2. The monoisotopic (exact) mass is 453 g/mol. The smallest absolute Gasteiger partial charge is 0.253 e. The molecule has 0 saturated carbocycles. The lowest BCUT2D eigenvalue weighted by molar-refractivity contribution is 0.0950. The molecule has 0 spiro atoms. The number of rotatable bonds is 6. The summed E-state index contributed by atoms with van der Waals surface area (Å²) in [7, 11) is 0. The Labute approximate surface area is 181 Å². The third-order valence-electron chi connectivity index (χ3n) is 4.03. The minimum absolute atomic E-state index is 0.0562. The molecule has 0 saturated heterocycles. The Morgan fingerprint density at radius 2 is 1.83 bits per heavy atom. The van der Waals surface area contributed by atoms with Gasteiger partial charge >= 0.3 is 0 Å². The van der Waals surface area contributed by atoms with Gasteiger partial charge in [0.05, 0.1) is 5.56 Å². The van der Waals surface area contributed by atoms with Crippen LogP contribution in [0.15, 0.2) is 48.7 Å². The minimum atomic E-state index is -0.451. The van der Waals surface area contributed by atoms with Crippen LogP contribution in [0.4, 0.5) is 10.2 Å². The van der Waals surface area contributed by atoms with Crippen LogP contribution in [0.5, 0.6) is 5.75 Å². The van der Waals surface area contributed by atoms with Crippen LogP contribution in [0, 0.1) is 5.82 Å². The highest BCUT2D eigenvalue weighted by Gasteiger charge is 2.13. The zero-order chi connectivity index (χ0) is 21.0. The first-order valence-corrected chi connectivity index (χ1v) is 9.52. The Kier molecular flexibility index (Phi) is 6.79. The van der Waals surface area contributed by atoms with Gasteiger partial charge in [0.1, 0.15) is 12.4 Å². The standard InChI is InChI=1S/C20H15Cl3FN3O2/c21-15-2-1-3-16(22)14(15)10-29-18-6-12(9-26-19(18)25)20(28)27-8-11-4-5-13(24)7-17(11)23/h1-7,9H,8,10H2,(H2,25,26)(H,27,28). The molecule has 0 aliphatic rings. The van der Waals surface area contributed by atoms with E-state index in [-0.39, 0.29) is 35.3 Å². The van der Waals surface area contributed by atoms with Gasteiger partial charge in [-0.1, -0.05) is 46.9 Å². The van der Waals surface area contributed by atoms with Gasteiger partial charge in [-0.2, -0.15) is 0 Å². The number of benzene rings is 2. The van der Waals surface area contributed by atoms with Crippen LogP contribution in [-0.4, -0.2) is 10.9 Å². The van der Waals surface area contributed by atoms with E-state index in [0.29, 0.717) is 21.2 Å². The average molecular weight is 455 g/mol. The molecule has 9 heteroatoms. The summed E-state index contributed by atoms with van der Waals surface area (Å²) in [6, 6.07) is 10.5. The van der Waals surface area contributed by atoms with Gasteiger partial charge in [-0.15, -0.1) is 0 Å². The molecule has 0 aliphatic heterocycles. The van der Waals surface area contributed by atoms with Gasteiger partial charge in [-0.05, 0) is 35.9 Å². The summed E-state index contributed by atoms with van der Waals surface area (Å²) >= 11 is 18.2. The number of aromatic nitrogens is 1. The van der Waals surface area contributed by atoms with Crippen LogP contribution < -0.4 is 15.8 Å². The van der Waals surface area contributed by atoms with Crippen LogP contribution in [-0.2, 0) is 13.2 Å². The summed E-state index contributed by atoms with van der Waals surface area (Å²) in [6.45, 7) is 0.175. The number of hydrogen-bond acceptors (Lipinski definition) is 4. The Bertz CT molecular complexity index is 1040. The lowest BCUT2D eigenvalue weighted by Gasteiger charge is -2.12. The molecule has 0 fully saturated rings. The Hall–Kier alpha value is -2.54. The summed E-state index contributed by atoms with van der Waals surface area (Å²) in [5.41, 5.74) is 7.25. The van der Waals surface area contributed by atoms with Crippen molar-refractivity contribution < 1.29 is 13.9 Å². The molecule has 0 unspecified atom stereocenters. The van der Waals surface area contributed by atoms with Crippen LogP contribution in [0.25, 0.3) is 0 Å². The predicted octanol–water partition coefficient (Wildman–Crippen LogP) is 5.27. The number of carbonyl (C=O) groups excluding carboxylic acids is 1. The number of nitrogens with one attached hydrogen (secondary N) is 1. The molecule has 1 amide bonds. The maximum Gasteiger partial charge on any atom is 0.253 e. The van der Waals surface area contributed by atoms with Gasteiger partial charge in [0.2, 0.25) is 0 Å². The van der Waals surface area contributed by atoms with Crippen molar-refractivity contribution in [2.75, 3.05) is 5.73 Å². The number of hydrogen-bond donors (Lipinski definition) is 2. The second-order valence-electron chi connectivity index (χ2n) is 6.01. The molecule has 2 aromatic carbocycles. The molecule has 1 heterocycles. The highest BCUT2D eigenvalue weighted by molar-refractivity contribution is 6.36. The van der Waals surface area contributed by atoms with Crippen molar-refractivity contribution in [3.63, 3.8) is 0 Å². The van der Waals surface area contributed by atoms with Crippen LogP contribution in [0.1, 0.15) is 21.5 Å². The highest BCUT2D eigenvalue weighted by Crippen LogP contribution is 2.27. The van der Waals surface area contributed by atoms with Crippen LogP contribution >= 0.6 is 34.8 Å². The maximum absolute atomic E-state index is 13.1. The maximum atomic E-state index is 13.1. The first-order valence-electron chi connectivity index (χ1n) is 8.38. The molecule has 150 valence electrons. The largest absolute Gasteiger partial charge is 0.485 e. The number of ether oxygens (including phenoxy) is 1. The van der Waals surface area contributed by atoms with E-state index in [1.165, 1.54) is 30.5 Å². The van der Waals surface area contributed by atoms with E-state index >= 15 is 0 Å². The quantitative estimate of drug-likeness (QED) is 0.532. The number of nitrogen functional groups attached to an aromatic ring is 1. The number of nitrogens with zero attached hydrogens (tertiary/aromatic N) is 1. The predicted molar refractivity (Wildman–Crippen MR) is 112 cm³/mol. The van der Waals surface area contributed by atoms with Crippen molar-refractivity contribution in [2.45, 2.75) is 13.2 Å². The van der Waals surface area contributed by atoms with E-state index in [0.717, 1.165) is 0 Å². The fraction of sp³-hybridized carbons (Fsp3) is 0.100. The van der Waals surface area contributed by atoms with Gasteiger partial charge in [0.15, 0.2) is 11.6 Å². The second kappa shape index (κ2) is 9.31. The lowest BCUT2D eigenvalue weighted by Crippen LogP contribution is -2.23. The number of halogens is 4. The van der Waals surface area contributed by atoms with Crippen molar-refractivity contribution in [3.05, 3.63) is 86.2 Å². The fourth-order valence-corrected chi connectivity index (χ4v) is 3.20. The average Bonchev–Trinajstić information content (AvgIpc) is 2.68. The minimum Gasteiger partial charge on any atom is -0.485 e. The van der Waals surface area contributed by atoms with Gasteiger partial charge < -0.3 is 15.8 Å². The second-order valence-corrected chi connectivity index (χ2v) is 7.24. The molecule has 29 heavy (non-hydrogen) atoms. The summed E-state index contributed by atoms with van der Waals surface area (Å²) in [5.74, 6) is -0.536. The SMILES string of the molecule is Nc1ncc(C(=O)NCc2ccc(F)cc2Cl)cc1OCc1c(Cl)cccc1Cl. The van der Waals surface area contributed by atoms with Crippen molar-refractivity contribution in [1.29, 1.82) is 0 Å². The van der Waals surface area contributed by atoms with Gasteiger partial charge in [0.25, 0.3) is 5.91 Å². The first-order chi connectivity index (χ1) is 13.8. The van der Waals surface area contributed by atoms with Crippen LogP contribution in [0.3, 0.4) is 0 Å². The molecule has 0 aliphatic carbocycles. The zero-order valence-electron chi connectivity index (χ0n) is 14.9. The Morgan fingerprint density at radius 1 is 1.10 bits per heavy atom. The fourth-order valence-electron chi connectivity index (χ4n) is 2.46. The molecular formula is C20H15Cl3FN3O2. The Balaban J connectivity index is 1.70. The van der Waals surface area contributed by atoms with Gasteiger partial charge in [-0.3, -0.25) is 4.79 Å². The topological polar surface area (TPSA) is 77.2 Å². The van der Waals surface area contributed by atoms with Crippen molar-refractivity contribution >= 4 is 46.5 Å². The normalized spacial score (nSPS) is 10.6. The third-order valence-corrected chi connectivity index (χ3v) is 5.09. The van der Waals surface area contributed by atoms with E-state index in [4.69, 9.17) is 45.3 Å². The number of carbonyl (C=O) groups is 1. The summed E-state index contributed by atoms with van der Waals surface area (Å²) in [5, 5.41) is 3.82. The van der Waals surface area contributed by atoms with E-state index in [9.17, 15) is 9.18 Å². The van der Waals surface area contributed by atoms with E-state index in [2.05, 4.69) is 10.3 Å². The molecule has 3 rings (SSSR count). The number of anilines is 1. The summed E-state index contributed by atoms with van der Waals surface area (Å²) < 4.78 is 18.8. The van der Waals surface area contributed by atoms with Crippen molar-refractivity contribution in [2.24, 2.45) is 0 Å². The molecule has 0 bridgehead atoms. The molecular weight excluding hydrogens is 440 g/mol. The van der Waals surface area contributed by atoms with E-state index < -0.39 is 11.7 Å². The van der Waals surface area contributed by atoms with Gasteiger partial charge in [-0.25, -0.2) is 9.37 Å². The Morgan fingerprint density at radius 3 is 2.52 bits per heavy atom. The van der Waals surface area contributed by atoms with Crippen molar-refractivity contribution in [1.82, 2.24) is 10.3 Å². The molecule has 0 atom stereocenters. The molecule has 0 radical (unpaired) electrons. The highest BCUT2D eigenvalue weighted by atomic mass is 35.5. The molecule has 5 nitrogen and oxygen atoms in total. The number of pyridine rings is 1. The third kappa shape index (κ3) is 5.29.